The van der Waals surface area contributed by atoms with Gasteiger partial charge < -0.3 is 9.47 Å². The first-order valence-corrected chi connectivity index (χ1v) is 7.52. The molecule has 4 heteroatoms. The number of aromatic nitrogens is 2. The van der Waals surface area contributed by atoms with Gasteiger partial charge in [0.15, 0.2) is 0 Å². The van der Waals surface area contributed by atoms with E-state index in [1.54, 1.807) is 0 Å². The fraction of sp³-hybridized carbons (Fsp3) is 0.235. The summed E-state index contributed by atoms with van der Waals surface area (Å²) < 4.78 is 2.32. The van der Waals surface area contributed by atoms with Crippen LogP contribution in [0, 0.1) is 0 Å². The van der Waals surface area contributed by atoms with Crippen LogP contribution in [0.15, 0.2) is 42.7 Å². The van der Waals surface area contributed by atoms with Gasteiger partial charge in [0.1, 0.15) is 0 Å². The molecule has 0 amide bonds. The maximum Gasteiger partial charge on any atom is 0.0642 e. The molecule has 1 aliphatic rings. The number of likely N-dealkylation sites (N-methyl/N-ethyl adjacent to an activating group) is 1. The molecule has 0 aliphatic carbocycles. The molecule has 3 nitrogen and oxygen atoms in total. The fourth-order valence-electron chi connectivity index (χ4n) is 3.24. The van der Waals surface area contributed by atoms with E-state index in [1.165, 1.54) is 22.2 Å². The molecule has 0 N–H and O–H groups in total. The molecule has 3 aromatic rings. The average Bonchev–Trinajstić information content (AvgIpc) is 2.81. The topological polar surface area (TPSA) is 21.1 Å². The Balaban J connectivity index is 2.07. The Labute approximate surface area is 128 Å². The third-order valence-corrected chi connectivity index (χ3v) is 4.45. The van der Waals surface area contributed by atoms with Crippen molar-refractivity contribution in [1.29, 1.82) is 0 Å². The quantitative estimate of drug-likeness (QED) is 0.683. The lowest BCUT2D eigenvalue weighted by molar-refractivity contribution is 0.307. The minimum Gasteiger partial charge on any atom is -0.310 e. The molecule has 0 radical (unpaired) electrons. The van der Waals surface area contributed by atoms with E-state index in [0.717, 1.165) is 30.2 Å². The summed E-state index contributed by atoms with van der Waals surface area (Å²) in [6.45, 7) is 2.04. The molecule has 1 aromatic carbocycles. The summed E-state index contributed by atoms with van der Waals surface area (Å²) in [6, 6.07) is 10.3. The van der Waals surface area contributed by atoms with Gasteiger partial charge in [-0.3, -0.25) is 4.98 Å². The number of rotatable bonds is 1. The minimum absolute atomic E-state index is 0.799. The van der Waals surface area contributed by atoms with E-state index in [4.69, 9.17) is 11.6 Å². The second-order valence-corrected chi connectivity index (χ2v) is 6.06. The van der Waals surface area contributed by atoms with Crippen LogP contribution in [0.2, 0.25) is 5.02 Å². The van der Waals surface area contributed by atoms with Gasteiger partial charge in [-0.2, -0.15) is 0 Å². The molecule has 0 bridgehead atoms. The van der Waals surface area contributed by atoms with Crippen LogP contribution in [0.3, 0.4) is 0 Å². The van der Waals surface area contributed by atoms with Crippen LogP contribution >= 0.6 is 11.6 Å². The second kappa shape index (κ2) is 4.86. The first kappa shape index (κ1) is 12.9. The van der Waals surface area contributed by atoms with Gasteiger partial charge >= 0.3 is 0 Å². The average molecular weight is 298 g/mol. The van der Waals surface area contributed by atoms with Crippen molar-refractivity contribution in [3.8, 4) is 5.69 Å². The molecule has 1 aliphatic heterocycles. The van der Waals surface area contributed by atoms with Crippen molar-refractivity contribution in [2.75, 3.05) is 13.6 Å². The van der Waals surface area contributed by atoms with Crippen LogP contribution in [0.5, 0.6) is 0 Å². The number of fused-ring (bicyclic) bond motifs is 3. The monoisotopic (exact) mass is 297 g/mol. The lowest BCUT2D eigenvalue weighted by atomic mass is 10.0. The van der Waals surface area contributed by atoms with Crippen molar-refractivity contribution in [2.24, 2.45) is 0 Å². The van der Waals surface area contributed by atoms with Gasteiger partial charge in [0.2, 0.25) is 0 Å². The van der Waals surface area contributed by atoms with Gasteiger partial charge in [0.05, 0.1) is 17.4 Å². The van der Waals surface area contributed by atoms with Gasteiger partial charge in [-0.25, -0.2) is 0 Å². The van der Waals surface area contributed by atoms with E-state index in [1.807, 2.05) is 24.5 Å². The number of pyridine rings is 1. The molecule has 21 heavy (non-hydrogen) atoms. The molecule has 0 saturated carbocycles. The zero-order valence-electron chi connectivity index (χ0n) is 11.9. The van der Waals surface area contributed by atoms with Gasteiger partial charge in [0, 0.05) is 35.4 Å². The molecule has 2 aromatic heterocycles. The molecule has 3 heterocycles. The zero-order valence-corrected chi connectivity index (χ0v) is 12.6. The van der Waals surface area contributed by atoms with Crippen LogP contribution in [0.25, 0.3) is 16.6 Å². The minimum atomic E-state index is 0.799. The summed E-state index contributed by atoms with van der Waals surface area (Å²) in [5, 5.41) is 2.07. The van der Waals surface area contributed by atoms with Crippen LogP contribution in [0.1, 0.15) is 11.3 Å². The van der Waals surface area contributed by atoms with Crippen molar-refractivity contribution in [1.82, 2.24) is 14.5 Å². The Morgan fingerprint density at radius 2 is 2.14 bits per heavy atom. The first-order valence-electron chi connectivity index (χ1n) is 7.15. The normalized spacial score (nSPS) is 15.3. The highest BCUT2D eigenvalue weighted by atomic mass is 35.5. The maximum atomic E-state index is 6.21. The van der Waals surface area contributed by atoms with Crippen molar-refractivity contribution in [2.45, 2.75) is 13.0 Å². The standard InChI is InChI=1S/C17H16ClN3/c1-20-8-6-14-15-9-12(18)4-5-16(15)21(17(14)11-20)13-3-2-7-19-10-13/h2-5,7,9-10H,6,8,11H2,1H3. The van der Waals surface area contributed by atoms with Crippen molar-refractivity contribution < 1.29 is 0 Å². The van der Waals surface area contributed by atoms with Crippen LogP contribution in [-0.2, 0) is 13.0 Å². The molecule has 0 saturated heterocycles. The number of hydrogen-bond acceptors (Lipinski definition) is 2. The molecule has 0 spiro atoms. The third kappa shape index (κ3) is 2.04. The molecular weight excluding hydrogens is 282 g/mol. The molecule has 0 atom stereocenters. The Hall–Kier alpha value is -1.84. The van der Waals surface area contributed by atoms with E-state index in [0.29, 0.717) is 0 Å². The molecule has 106 valence electrons. The van der Waals surface area contributed by atoms with E-state index in [2.05, 4.69) is 39.7 Å². The summed E-state index contributed by atoms with van der Waals surface area (Å²) in [5.41, 5.74) is 5.11. The maximum absolute atomic E-state index is 6.21. The van der Waals surface area contributed by atoms with Gasteiger partial charge in [-0.15, -0.1) is 0 Å². The van der Waals surface area contributed by atoms with E-state index in [-0.39, 0.29) is 0 Å². The number of nitrogens with zero attached hydrogens (tertiary/aromatic N) is 3. The number of halogens is 1. The lowest BCUT2D eigenvalue weighted by Gasteiger charge is -2.24. The predicted octanol–water partition coefficient (Wildman–Crippen LogP) is 3.67. The van der Waals surface area contributed by atoms with Crippen molar-refractivity contribution in [3.63, 3.8) is 0 Å². The predicted molar refractivity (Wildman–Crippen MR) is 86.1 cm³/mol. The largest absolute Gasteiger partial charge is 0.310 e. The van der Waals surface area contributed by atoms with Crippen molar-refractivity contribution in [3.05, 3.63) is 59.0 Å². The first-order chi connectivity index (χ1) is 10.2. The van der Waals surface area contributed by atoms with Gasteiger partial charge in [-0.1, -0.05) is 11.6 Å². The Kier molecular flexibility index (Phi) is 2.98. The van der Waals surface area contributed by atoms with E-state index in [9.17, 15) is 0 Å². The third-order valence-electron chi connectivity index (χ3n) is 4.21. The Morgan fingerprint density at radius 3 is 2.95 bits per heavy atom. The summed E-state index contributed by atoms with van der Waals surface area (Å²) in [6.07, 6.45) is 4.80. The van der Waals surface area contributed by atoms with Crippen LogP contribution < -0.4 is 0 Å². The van der Waals surface area contributed by atoms with Gasteiger partial charge in [0.25, 0.3) is 0 Å². The highest BCUT2D eigenvalue weighted by Gasteiger charge is 2.23. The molecule has 0 unspecified atom stereocenters. The van der Waals surface area contributed by atoms with E-state index >= 15 is 0 Å². The van der Waals surface area contributed by atoms with Crippen LogP contribution in [0.4, 0.5) is 0 Å². The Bertz CT molecular complexity index is 808. The Morgan fingerprint density at radius 1 is 1.24 bits per heavy atom. The smallest absolute Gasteiger partial charge is 0.0642 e. The van der Waals surface area contributed by atoms with Crippen molar-refractivity contribution >= 4 is 22.5 Å². The molecular formula is C17H16ClN3. The lowest BCUT2D eigenvalue weighted by Crippen LogP contribution is -2.27. The number of hydrogen-bond donors (Lipinski definition) is 0. The summed E-state index contributed by atoms with van der Waals surface area (Å²) >= 11 is 6.21. The summed E-state index contributed by atoms with van der Waals surface area (Å²) in [7, 11) is 2.17. The van der Waals surface area contributed by atoms with E-state index < -0.39 is 0 Å². The molecule has 4 rings (SSSR count). The van der Waals surface area contributed by atoms with Crippen LogP contribution in [-0.4, -0.2) is 28.0 Å². The SMILES string of the molecule is CN1CCc2c(n(-c3cccnc3)c3ccc(Cl)cc23)C1. The highest BCUT2D eigenvalue weighted by molar-refractivity contribution is 6.31. The summed E-state index contributed by atoms with van der Waals surface area (Å²) in [4.78, 5) is 6.63. The zero-order chi connectivity index (χ0) is 14.4. The fourth-order valence-corrected chi connectivity index (χ4v) is 3.42. The molecule has 0 fully saturated rings. The number of benzene rings is 1. The second-order valence-electron chi connectivity index (χ2n) is 5.62. The highest BCUT2D eigenvalue weighted by Crippen LogP contribution is 2.34. The van der Waals surface area contributed by atoms with Gasteiger partial charge in [-0.05, 0) is 49.4 Å². The summed E-state index contributed by atoms with van der Waals surface area (Å²) in [5.74, 6) is 0.